The minimum Gasteiger partial charge on any atom is -0.456 e. The first-order valence-electron chi connectivity index (χ1n) is 44.0. The van der Waals surface area contributed by atoms with Crippen molar-refractivity contribution in [2.45, 2.75) is 39.3 Å². The highest BCUT2D eigenvalue weighted by atomic mass is 32.1. The molecule has 0 N–H and O–H groups in total. The topological polar surface area (TPSA) is 52.4 Å². The number of para-hydroxylation sites is 5. The first-order valence-corrected chi connectivity index (χ1v) is 51.8. The van der Waals surface area contributed by atoms with Gasteiger partial charge in [0.2, 0.25) is 0 Å². The summed E-state index contributed by atoms with van der Waals surface area (Å²) in [5.74, 6) is 0. The summed E-state index contributed by atoms with van der Waals surface area (Å²) in [6.45, 7) is 14.4. The Morgan fingerprint density at radius 2 is 0.508 bits per heavy atom. The Morgan fingerprint density at radius 3 is 0.969 bits per heavy atom. The van der Waals surface area contributed by atoms with Gasteiger partial charge in [0.05, 0.1) is 27.5 Å². The summed E-state index contributed by atoms with van der Waals surface area (Å²) in [6, 6.07) is 154. The summed E-state index contributed by atoms with van der Waals surface area (Å²) in [7, 11) is -2.93. The standard InChI is InChI=1S/C59H44N2O2Si.C59H44N2OSSi/c1-64(2,3)45-31-26-41(27-32-45)60(40-18-8-5-9-19-40)43-30-35-52-57(37-43)63-59-51-34-29-42(36-53(51)47-21-10-11-23-50(47)58(52)59)61(54-24-14-12-20-46(54)39-16-6-4-7-17-39)44-28-33-49-48-22-13-15-25-55(48)62-56(49)38-44;1-64(2,3)45-31-26-41(27-32-45)60(40-18-8-5-9-19-40)44-29-34-51-55(38-44)62-59-50-33-28-42(36-52(50)47-21-10-11-23-49(47)58(51)59)61(54-24-14-12-20-46(54)39-16-6-4-7-17-39)43-30-35-57-53(37-43)48-22-13-15-25-56(48)63-57/h2*4-38H,1-3H3. The number of benzene rings is 20. The van der Waals surface area contributed by atoms with Gasteiger partial charge in [-0.1, -0.05) is 292 Å². The fourth-order valence-electron chi connectivity index (χ4n) is 19.3. The van der Waals surface area contributed by atoms with Crippen LogP contribution in [-0.4, -0.2) is 16.1 Å². The number of anilines is 12. The maximum atomic E-state index is 7.09. The molecule has 24 aromatic rings. The zero-order valence-electron chi connectivity index (χ0n) is 71.8. The predicted molar refractivity (Wildman–Crippen MR) is 553 cm³/mol. The Kier molecular flexibility index (Phi) is 19.0. The van der Waals surface area contributed by atoms with Crippen LogP contribution in [0.25, 0.3) is 151 Å². The number of fused-ring (bicyclic) bond motifs is 22. The van der Waals surface area contributed by atoms with E-state index in [1.165, 1.54) is 57.8 Å². The molecule has 0 spiro atoms. The summed E-state index contributed by atoms with van der Waals surface area (Å²) in [4.78, 5) is 9.47. The van der Waals surface area contributed by atoms with Gasteiger partial charge in [-0.3, -0.25) is 0 Å². The van der Waals surface area contributed by atoms with E-state index in [4.69, 9.17) is 13.3 Å². The van der Waals surface area contributed by atoms with E-state index in [1.54, 1.807) is 0 Å². The molecule has 24 rings (SSSR count). The van der Waals surface area contributed by atoms with E-state index in [0.29, 0.717) is 0 Å². The predicted octanol–water partition coefficient (Wildman–Crippen LogP) is 34.4. The maximum absolute atomic E-state index is 7.09. The maximum Gasteiger partial charge on any atom is 0.143 e. The van der Waals surface area contributed by atoms with Gasteiger partial charge in [0.25, 0.3) is 0 Å². The molecule has 20 aromatic carbocycles. The Balaban J connectivity index is 0.000000146. The van der Waals surface area contributed by atoms with Crippen LogP contribution in [0.3, 0.4) is 0 Å². The SMILES string of the molecule is C[Si](C)(C)c1ccc(N(c2ccccc2)c2ccc3c(c2)oc2c4ccc(N(c5ccc6c(c5)oc5ccccc56)c5ccccc5-c5ccccc5)cc4c4ccccc4c32)cc1.C[Si](C)(C)c1ccc(N(c2ccccc2)c2ccc3c(c2)oc2c4ccc(N(c5ccc6sc7ccccc7c6c5)c5ccccc5-c5ccccc5)cc4c4ccccc4c32)cc1. The first kappa shape index (κ1) is 77.5. The third kappa shape index (κ3) is 13.6. The monoisotopic (exact) mass is 1700 g/mol. The average molecular weight is 1700 g/mol. The molecule has 0 aliphatic rings. The molecule has 0 unspecified atom stereocenters. The van der Waals surface area contributed by atoms with Gasteiger partial charge in [0.1, 0.15) is 33.5 Å². The lowest BCUT2D eigenvalue weighted by Gasteiger charge is -2.28. The highest BCUT2D eigenvalue weighted by Gasteiger charge is 2.28. The molecular formula is C118H88N4O3SSi2. The second kappa shape index (κ2) is 31.4. The van der Waals surface area contributed by atoms with E-state index in [1.807, 2.05) is 23.5 Å². The first-order chi connectivity index (χ1) is 62.7. The van der Waals surface area contributed by atoms with Crippen LogP contribution in [0.4, 0.5) is 68.2 Å². The zero-order valence-corrected chi connectivity index (χ0v) is 74.7. The van der Waals surface area contributed by atoms with Crippen molar-refractivity contribution in [2.24, 2.45) is 0 Å². The van der Waals surface area contributed by atoms with Gasteiger partial charge in [0.15, 0.2) is 0 Å². The quantitative estimate of drug-likeness (QED) is 0.0706. The Hall–Kier alpha value is -15.3. The van der Waals surface area contributed by atoms with E-state index in [-0.39, 0.29) is 0 Å². The molecule has 0 atom stereocenters. The number of nitrogens with zero attached hydrogens (tertiary/aromatic N) is 4. The zero-order chi connectivity index (χ0) is 85.9. The van der Waals surface area contributed by atoms with Crippen LogP contribution in [0.15, 0.2) is 438 Å². The largest absolute Gasteiger partial charge is 0.456 e. The van der Waals surface area contributed by atoms with E-state index >= 15 is 0 Å². The van der Waals surface area contributed by atoms with Crippen LogP contribution in [0.1, 0.15) is 0 Å². The Bertz CT molecular complexity index is 8420. The molecule has 4 heterocycles. The molecular weight excluding hydrogens is 1610 g/mol. The lowest BCUT2D eigenvalue weighted by molar-refractivity contribution is 0.669. The fourth-order valence-corrected chi connectivity index (χ4v) is 22.7. The summed E-state index contributed by atoms with van der Waals surface area (Å²) < 4.78 is 23.2. The van der Waals surface area contributed by atoms with Crippen molar-refractivity contribution in [3.8, 4) is 22.3 Å². The van der Waals surface area contributed by atoms with Gasteiger partial charge < -0.3 is 32.9 Å². The summed E-state index contributed by atoms with van der Waals surface area (Å²) >= 11 is 1.85. The Labute approximate surface area is 748 Å². The van der Waals surface area contributed by atoms with Gasteiger partial charge in [-0.25, -0.2) is 0 Å². The van der Waals surface area contributed by atoms with E-state index in [2.05, 4.69) is 471 Å². The van der Waals surface area contributed by atoms with Crippen LogP contribution in [0, 0.1) is 0 Å². The smallest absolute Gasteiger partial charge is 0.143 e. The molecule has 0 radical (unpaired) electrons. The van der Waals surface area contributed by atoms with Crippen molar-refractivity contribution in [2.75, 3.05) is 19.6 Å². The lowest BCUT2D eigenvalue weighted by atomic mass is 9.95. The molecule has 7 nitrogen and oxygen atoms in total. The van der Waals surface area contributed by atoms with Crippen LogP contribution in [0.5, 0.6) is 0 Å². The molecule has 10 heteroatoms. The summed E-state index contributed by atoms with van der Waals surface area (Å²) in [6.07, 6.45) is 0. The van der Waals surface area contributed by atoms with Gasteiger partial charge in [-0.2, -0.15) is 0 Å². The second-order valence-electron chi connectivity index (χ2n) is 35.5. The molecule has 0 saturated heterocycles. The molecule has 0 amide bonds. The summed E-state index contributed by atoms with van der Waals surface area (Å²) in [5, 5.41) is 21.3. The van der Waals surface area contributed by atoms with Gasteiger partial charge >= 0.3 is 0 Å². The van der Waals surface area contributed by atoms with Crippen molar-refractivity contribution < 1.29 is 13.3 Å². The van der Waals surface area contributed by atoms with Gasteiger partial charge in [0, 0.05) is 149 Å². The molecule has 128 heavy (non-hydrogen) atoms. The molecule has 612 valence electrons. The normalized spacial score (nSPS) is 12.0. The van der Waals surface area contributed by atoms with Crippen molar-refractivity contribution in [3.63, 3.8) is 0 Å². The van der Waals surface area contributed by atoms with Crippen LogP contribution in [0.2, 0.25) is 39.3 Å². The van der Waals surface area contributed by atoms with E-state index < -0.39 is 16.1 Å². The van der Waals surface area contributed by atoms with Gasteiger partial charge in [-0.05, 0) is 207 Å². The third-order valence-electron chi connectivity index (χ3n) is 25.6. The van der Waals surface area contributed by atoms with Crippen molar-refractivity contribution in [1.29, 1.82) is 0 Å². The molecule has 0 fully saturated rings. The van der Waals surface area contributed by atoms with Crippen LogP contribution >= 0.6 is 11.3 Å². The molecule has 0 bridgehead atoms. The number of thiophene rings is 1. The van der Waals surface area contributed by atoms with Gasteiger partial charge in [-0.15, -0.1) is 11.3 Å². The van der Waals surface area contributed by atoms with Crippen molar-refractivity contribution in [3.05, 3.63) is 425 Å². The highest BCUT2D eigenvalue weighted by Crippen LogP contribution is 2.52. The van der Waals surface area contributed by atoms with E-state index in [9.17, 15) is 0 Å². The van der Waals surface area contributed by atoms with E-state index in [0.717, 1.165) is 172 Å². The number of hydrogen-bond donors (Lipinski definition) is 0. The summed E-state index contributed by atoms with van der Waals surface area (Å²) in [5.41, 5.74) is 22.8. The lowest BCUT2D eigenvalue weighted by Crippen LogP contribution is -2.37. The molecule has 0 aliphatic heterocycles. The van der Waals surface area contributed by atoms with Crippen molar-refractivity contribution >= 4 is 235 Å². The number of rotatable bonds is 16. The van der Waals surface area contributed by atoms with Crippen LogP contribution in [-0.2, 0) is 0 Å². The Morgan fingerprint density at radius 1 is 0.195 bits per heavy atom. The van der Waals surface area contributed by atoms with Crippen LogP contribution < -0.4 is 30.0 Å². The molecule has 0 aliphatic carbocycles. The fraction of sp³-hybridized carbons (Fsp3) is 0.0508. The molecule has 4 aromatic heterocycles. The molecule has 0 saturated carbocycles. The number of furan rings is 3. The minimum atomic E-state index is -1.47. The van der Waals surface area contributed by atoms with Crippen molar-refractivity contribution in [1.82, 2.24) is 0 Å². The third-order valence-corrected chi connectivity index (χ3v) is 30.8. The minimum absolute atomic E-state index is 0.852. The average Bonchev–Trinajstić information content (AvgIpc) is 1.53. The number of hydrogen-bond acceptors (Lipinski definition) is 8. The second-order valence-corrected chi connectivity index (χ2v) is 46.7. The highest BCUT2D eigenvalue weighted by molar-refractivity contribution is 7.25.